The molecule has 40 heavy (non-hydrogen) atoms. The predicted octanol–water partition coefficient (Wildman–Crippen LogP) is 4.31. The Morgan fingerprint density at radius 2 is 1.90 bits per heavy atom. The average molecular weight is 569 g/mol. The second-order valence-corrected chi connectivity index (χ2v) is 9.32. The summed E-state index contributed by atoms with van der Waals surface area (Å²) in [5.74, 6) is -1.59. The van der Waals surface area contributed by atoms with Crippen molar-refractivity contribution in [3.63, 3.8) is 0 Å². The molecular formula is C27H23ClF2N6O4. The fraction of sp³-hybridized carbons (Fsp3) is 0.185. The number of nitrogens with one attached hydrogen (secondary N) is 1. The van der Waals surface area contributed by atoms with Crippen molar-refractivity contribution in [2.45, 2.75) is 13.2 Å². The highest BCUT2D eigenvalue weighted by Crippen LogP contribution is 2.38. The van der Waals surface area contributed by atoms with Crippen LogP contribution in [0.5, 0.6) is 11.5 Å². The fourth-order valence-corrected chi connectivity index (χ4v) is 4.53. The number of methoxy groups -OCH3 is 1. The zero-order chi connectivity index (χ0) is 28.6. The summed E-state index contributed by atoms with van der Waals surface area (Å²) in [4.78, 5) is 31.7. The van der Waals surface area contributed by atoms with Crippen molar-refractivity contribution in [1.29, 1.82) is 0 Å². The van der Waals surface area contributed by atoms with Crippen LogP contribution in [0, 0.1) is 11.6 Å². The van der Waals surface area contributed by atoms with E-state index >= 15 is 4.39 Å². The number of benzene rings is 3. The summed E-state index contributed by atoms with van der Waals surface area (Å²) in [5.41, 5.74) is 0.978. The summed E-state index contributed by atoms with van der Waals surface area (Å²) >= 11 is 5.94. The van der Waals surface area contributed by atoms with Crippen molar-refractivity contribution in [1.82, 2.24) is 24.3 Å². The number of imidazole rings is 1. The van der Waals surface area contributed by atoms with Gasteiger partial charge < -0.3 is 14.4 Å². The number of likely N-dealkylation sites (N-methyl/N-ethyl adjacent to an activating group) is 1. The summed E-state index contributed by atoms with van der Waals surface area (Å²) in [6.45, 7) is -0.447. The van der Waals surface area contributed by atoms with E-state index in [2.05, 4.69) is 15.2 Å². The molecule has 1 N–H and O–H groups in total. The zero-order valence-corrected chi connectivity index (χ0v) is 22.4. The van der Waals surface area contributed by atoms with Crippen molar-refractivity contribution in [3.05, 3.63) is 87.8 Å². The summed E-state index contributed by atoms with van der Waals surface area (Å²) in [5, 5.41) is 6.85. The molecule has 0 saturated carbocycles. The minimum atomic E-state index is -0.768. The average Bonchev–Trinajstić information content (AvgIpc) is 3.54. The molecule has 0 fully saturated rings. The highest BCUT2D eigenvalue weighted by molar-refractivity contribution is 6.30. The van der Waals surface area contributed by atoms with Gasteiger partial charge in [0.25, 0.3) is 0 Å². The number of nitrogens with zero attached hydrogens (tertiary/aromatic N) is 5. The van der Waals surface area contributed by atoms with Gasteiger partial charge in [0.1, 0.15) is 25.3 Å². The van der Waals surface area contributed by atoms with Crippen LogP contribution in [0.3, 0.4) is 0 Å². The molecule has 5 aromatic rings. The van der Waals surface area contributed by atoms with Crippen LogP contribution in [0.4, 0.5) is 14.5 Å². The maximum atomic E-state index is 15.3. The number of carbonyl (C=O) groups excluding carboxylic acids is 1. The first-order valence-electron chi connectivity index (χ1n) is 11.9. The van der Waals surface area contributed by atoms with Gasteiger partial charge in [0.2, 0.25) is 5.91 Å². The molecule has 13 heteroatoms. The predicted molar refractivity (Wildman–Crippen MR) is 145 cm³/mol. The zero-order valence-electron chi connectivity index (χ0n) is 21.6. The Bertz CT molecular complexity index is 1770. The van der Waals surface area contributed by atoms with Crippen LogP contribution in [0.2, 0.25) is 5.02 Å². The lowest BCUT2D eigenvalue weighted by Crippen LogP contribution is -2.34. The minimum absolute atomic E-state index is 0.0520. The quantitative estimate of drug-likeness (QED) is 0.299. The number of rotatable bonds is 8. The molecule has 2 heterocycles. The summed E-state index contributed by atoms with van der Waals surface area (Å²) in [7, 11) is 4.41. The van der Waals surface area contributed by atoms with Crippen LogP contribution >= 0.6 is 11.6 Å². The van der Waals surface area contributed by atoms with E-state index in [0.717, 1.165) is 12.1 Å². The molecule has 10 nitrogen and oxygen atoms in total. The molecule has 0 aliphatic heterocycles. The molecular weight excluding hydrogens is 546 g/mol. The van der Waals surface area contributed by atoms with Gasteiger partial charge in [-0.25, -0.2) is 18.6 Å². The highest BCUT2D eigenvalue weighted by Gasteiger charge is 2.23. The number of carbonyl (C=O) groups is 1. The molecule has 2 aromatic heterocycles. The van der Waals surface area contributed by atoms with Gasteiger partial charge in [-0.3, -0.25) is 19.0 Å². The van der Waals surface area contributed by atoms with Crippen molar-refractivity contribution >= 4 is 34.2 Å². The normalized spacial score (nSPS) is 11.2. The van der Waals surface area contributed by atoms with E-state index in [4.69, 9.17) is 21.1 Å². The van der Waals surface area contributed by atoms with E-state index in [1.54, 1.807) is 31.3 Å². The summed E-state index contributed by atoms with van der Waals surface area (Å²) in [6.07, 6.45) is 1.30. The van der Waals surface area contributed by atoms with Crippen LogP contribution < -0.4 is 20.1 Å². The van der Waals surface area contributed by atoms with E-state index in [9.17, 15) is 14.0 Å². The Labute approximate surface area is 231 Å². The second kappa shape index (κ2) is 10.8. The SMILES string of the molecule is COc1cc(-c2cc(F)cc3c2n(C)c(=O)n3CC(=O)N(C)c2ccc(Cl)cc2)cc(F)c1OCc1ncn[nH]1. The van der Waals surface area contributed by atoms with E-state index in [0.29, 0.717) is 22.1 Å². The van der Waals surface area contributed by atoms with Gasteiger partial charge in [-0.05, 0) is 54.1 Å². The van der Waals surface area contributed by atoms with Crippen LogP contribution in [0.25, 0.3) is 22.2 Å². The topological polar surface area (TPSA) is 107 Å². The van der Waals surface area contributed by atoms with Gasteiger partial charge in [-0.2, -0.15) is 5.10 Å². The Morgan fingerprint density at radius 3 is 2.58 bits per heavy atom. The van der Waals surface area contributed by atoms with Crippen molar-refractivity contribution < 1.29 is 23.0 Å². The first-order valence-corrected chi connectivity index (χ1v) is 12.3. The lowest BCUT2D eigenvalue weighted by atomic mass is 10.0. The molecule has 5 rings (SSSR count). The van der Waals surface area contributed by atoms with E-state index in [1.807, 2.05) is 0 Å². The molecule has 0 saturated heterocycles. The lowest BCUT2D eigenvalue weighted by molar-refractivity contribution is -0.118. The molecule has 0 radical (unpaired) electrons. The number of halogens is 3. The smallest absolute Gasteiger partial charge is 0.329 e. The van der Waals surface area contributed by atoms with Gasteiger partial charge in [0.05, 0.1) is 18.1 Å². The third-order valence-electron chi connectivity index (χ3n) is 6.44. The third-order valence-corrected chi connectivity index (χ3v) is 6.69. The largest absolute Gasteiger partial charge is 0.493 e. The molecule has 0 aliphatic rings. The number of aromatic nitrogens is 5. The molecule has 206 valence electrons. The molecule has 0 spiro atoms. The Balaban J connectivity index is 1.54. The maximum Gasteiger partial charge on any atom is 0.329 e. The Hall–Kier alpha value is -4.71. The standard InChI is InChI=1S/C27H23ClF2N6O4/c1-34(18-6-4-16(28)5-7-18)24(37)12-36-21-11-17(29)10-19(25(21)35(2)27(36)38)15-8-20(30)26(22(9-15)39-3)40-13-23-31-14-32-33-23/h4-11,14H,12-13H2,1-3H3,(H,31,32,33). The molecule has 3 aromatic carbocycles. The second-order valence-electron chi connectivity index (χ2n) is 8.89. The third kappa shape index (κ3) is 5.00. The number of anilines is 1. The summed E-state index contributed by atoms with van der Waals surface area (Å²) < 4.78 is 43.6. The number of fused-ring (bicyclic) bond motifs is 1. The fourth-order valence-electron chi connectivity index (χ4n) is 4.40. The van der Waals surface area contributed by atoms with Crippen molar-refractivity contribution in [3.8, 4) is 22.6 Å². The maximum absolute atomic E-state index is 15.3. The van der Waals surface area contributed by atoms with Gasteiger partial charge in [0, 0.05) is 30.4 Å². The lowest BCUT2D eigenvalue weighted by Gasteiger charge is -2.18. The van der Waals surface area contributed by atoms with Crippen LogP contribution in [-0.2, 0) is 25.0 Å². The van der Waals surface area contributed by atoms with Gasteiger partial charge >= 0.3 is 5.69 Å². The molecule has 0 unspecified atom stereocenters. The van der Waals surface area contributed by atoms with E-state index in [1.165, 1.54) is 46.7 Å². The minimum Gasteiger partial charge on any atom is -0.493 e. The summed E-state index contributed by atoms with van der Waals surface area (Å²) in [6, 6.07) is 11.6. The van der Waals surface area contributed by atoms with Crippen LogP contribution in [-0.4, -0.2) is 44.4 Å². The van der Waals surface area contributed by atoms with Crippen LogP contribution in [0.1, 0.15) is 5.82 Å². The first kappa shape index (κ1) is 26.9. The molecule has 0 atom stereocenters. The van der Waals surface area contributed by atoms with Crippen molar-refractivity contribution in [2.24, 2.45) is 7.05 Å². The number of amides is 1. The highest BCUT2D eigenvalue weighted by atomic mass is 35.5. The molecule has 1 amide bonds. The van der Waals surface area contributed by atoms with Crippen LogP contribution in [0.15, 0.2) is 59.7 Å². The van der Waals surface area contributed by atoms with Gasteiger partial charge in [-0.15, -0.1) is 0 Å². The Morgan fingerprint density at radius 1 is 1.15 bits per heavy atom. The molecule has 0 aliphatic carbocycles. The van der Waals surface area contributed by atoms with E-state index in [-0.39, 0.29) is 41.3 Å². The van der Waals surface area contributed by atoms with Gasteiger partial charge in [0.15, 0.2) is 23.1 Å². The number of ether oxygens (including phenoxy) is 2. The number of hydrogen-bond acceptors (Lipinski definition) is 6. The number of aryl methyl sites for hydroxylation is 1. The number of aromatic amines is 1. The first-order chi connectivity index (χ1) is 19.2. The monoisotopic (exact) mass is 568 g/mol. The van der Waals surface area contributed by atoms with Crippen molar-refractivity contribution in [2.75, 3.05) is 19.1 Å². The molecule has 0 bridgehead atoms. The number of H-pyrrole nitrogens is 1. The Kier molecular flexibility index (Phi) is 7.26. The van der Waals surface area contributed by atoms with Gasteiger partial charge in [-0.1, -0.05) is 11.6 Å². The number of hydrogen-bond donors (Lipinski definition) is 1. The van der Waals surface area contributed by atoms with E-state index < -0.39 is 23.2 Å².